The number of piperidine rings is 1. The second-order valence-electron chi connectivity index (χ2n) is 9.87. The first-order valence-corrected chi connectivity index (χ1v) is 11.6. The first-order valence-electron chi connectivity index (χ1n) is 11.6. The lowest BCUT2D eigenvalue weighted by Crippen LogP contribution is -2.75. The minimum Gasteiger partial charge on any atom is -0.504 e. The van der Waals surface area contributed by atoms with Gasteiger partial charge in [-0.1, -0.05) is 51.3 Å². The molecule has 1 saturated heterocycles. The lowest BCUT2D eigenvalue weighted by molar-refractivity contribution is -0.180. The van der Waals surface area contributed by atoms with Crippen LogP contribution in [0.3, 0.4) is 0 Å². The van der Waals surface area contributed by atoms with Gasteiger partial charge in [-0.05, 0) is 57.3 Å². The van der Waals surface area contributed by atoms with Crippen LogP contribution in [0.25, 0.3) is 0 Å². The quantitative estimate of drug-likeness (QED) is 0.702. The van der Waals surface area contributed by atoms with Crippen molar-refractivity contribution in [1.29, 1.82) is 0 Å². The summed E-state index contributed by atoms with van der Waals surface area (Å²) >= 11 is 0. The minimum atomic E-state index is -1.00. The van der Waals surface area contributed by atoms with Crippen molar-refractivity contribution in [3.05, 3.63) is 35.4 Å². The summed E-state index contributed by atoms with van der Waals surface area (Å²) in [5, 5.41) is 23.0. The Hall–Kier alpha value is -1.52. The fourth-order valence-corrected chi connectivity index (χ4v) is 7.21. The zero-order valence-corrected chi connectivity index (χ0v) is 18.1. The zero-order valence-electron chi connectivity index (χ0n) is 18.1. The smallest absolute Gasteiger partial charge is 0.166 e. The molecular formula is C25H35NO3. The number of rotatable bonds is 6. The maximum atomic E-state index is 12.2. The highest BCUT2D eigenvalue weighted by molar-refractivity contribution is 5.64. The number of ether oxygens (including phenoxy) is 1. The highest BCUT2D eigenvalue weighted by Gasteiger charge is 2.75. The van der Waals surface area contributed by atoms with E-state index in [9.17, 15) is 10.2 Å². The van der Waals surface area contributed by atoms with Crippen LogP contribution in [0.4, 0.5) is 0 Å². The molecule has 4 heteroatoms. The van der Waals surface area contributed by atoms with E-state index < -0.39 is 11.2 Å². The molecule has 0 radical (unpaired) electrons. The molecule has 2 heterocycles. The van der Waals surface area contributed by atoms with E-state index in [0.717, 1.165) is 51.5 Å². The average molecular weight is 398 g/mol. The molecule has 2 aliphatic carbocycles. The van der Waals surface area contributed by atoms with Crippen LogP contribution in [0.2, 0.25) is 0 Å². The fourth-order valence-electron chi connectivity index (χ4n) is 7.21. The van der Waals surface area contributed by atoms with Crippen molar-refractivity contribution in [2.75, 3.05) is 13.6 Å². The van der Waals surface area contributed by atoms with Gasteiger partial charge in [0.15, 0.2) is 17.1 Å². The first-order chi connectivity index (χ1) is 13.9. The molecule has 1 aromatic rings. The number of benzene rings is 1. The molecule has 2 N–H and O–H groups in total. The van der Waals surface area contributed by atoms with E-state index in [1.165, 1.54) is 11.1 Å². The molecule has 5 atom stereocenters. The van der Waals surface area contributed by atoms with Crippen LogP contribution in [0.5, 0.6) is 11.5 Å². The molecule has 4 aliphatic rings. The molecule has 0 amide bonds. The van der Waals surface area contributed by atoms with E-state index in [4.69, 9.17) is 4.74 Å². The number of hydrogen-bond acceptors (Lipinski definition) is 4. The monoisotopic (exact) mass is 397 g/mol. The zero-order chi connectivity index (χ0) is 20.4. The van der Waals surface area contributed by atoms with Gasteiger partial charge < -0.3 is 19.8 Å². The van der Waals surface area contributed by atoms with Crippen molar-refractivity contribution in [3.8, 4) is 11.5 Å². The third-order valence-corrected chi connectivity index (χ3v) is 8.58. The van der Waals surface area contributed by atoms with Crippen LogP contribution in [0, 0.1) is 5.92 Å². The highest BCUT2D eigenvalue weighted by Crippen LogP contribution is 2.69. The first kappa shape index (κ1) is 19.4. The van der Waals surface area contributed by atoms with Crippen molar-refractivity contribution in [2.24, 2.45) is 5.92 Å². The molecule has 0 saturated carbocycles. The summed E-state index contributed by atoms with van der Waals surface area (Å²) in [6.45, 7) is 5.39. The Labute approximate surface area is 174 Å². The third kappa shape index (κ3) is 2.22. The standard InChI is InChI=1S/C25H35NO3/c1-4-6-11-23(28)13-10-18-19-16-17-8-9-20(27)22-21(17)24(18,14-15-26(19)3)25(23,29-22)12-7-5-2/h8-10,13,18-19,27-28H,4-7,11-12,14-16H2,1-3H3/t18-,19+,23-,24-,25-/m0/s1. The van der Waals surface area contributed by atoms with Crippen LogP contribution < -0.4 is 4.74 Å². The number of likely N-dealkylation sites (tertiary alicyclic amines) is 1. The van der Waals surface area contributed by atoms with Crippen LogP contribution in [-0.2, 0) is 11.8 Å². The summed E-state index contributed by atoms with van der Waals surface area (Å²) in [4.78, 5) is 2.50. The highest BCUT2D eigenvalue weighted by atomic mass is 16.5. The summed E-state index contributed by atoms with van der Waals surface area (Å²) in [5.41, 5.74) is 0.563. The Morgan fingerprint density at radius 1 is 1.17 bits per heavy atom. The maximum absolute atomic E-state index is 12.2. The van der Waals surface area contributed by atoms with Crippen molar-refractivity contribution in [2.45, 2.75) is 87.9 Å². The second-order valence-corrected chi connectivity index (χ2v) is 9.87. The van der Waals surface area contributed by atoms with E-state index in [1.54, 1.807) is 6.07 Å². The van der Waals surface area contributed by atoms with Gasteiger partial charge in [-0.3, -0.25) is 0 Å². The van der Waals surface area contributed by atoms with Crippen molar-refractivity contribution in [1.82, 2.24) is 4.90 Å². The summed E-state index contributed by atoms with van der Waals surface area (Å²) in [6, 6.07) is 4.31. The Morgan fingerprint density at radius 3 is 2.69 bits per heavy atom. The lowest BCUT2D eigenvalue weighted by Gasteiger charge is -2.64. The number of hydrogen-bond donors (Lipinski definition) is 2. The molecule has 4 nitrogen and oxygen atoms in total. The van der Waals surface area contributed by atoms with Gasteiger partial charge in [0.2, 0.25) is 0 Å². The molecule has 0 aromatic heterocycles. The predicted molar refractivity (Wildman–Crippen MR) is 115 cm³/mol. The molecule has 29 heavy (non-hydrogen) atoms. The fraction of sp³-hybridized carbons (Fsp3) is 0.680. The largest absolute Gasteiger partial charge is 0.504 e. The average Bonchev–Trinajstić information content (AvgIpc) is 3.03. The Morgan fingerprint density at radius 2 is 1.93 bits per heavy atom. The van der Waals surface area contributed by atoms with E-state index in [1.807, 2.05) is 0 Å². The van der Waals surface area contributed by atoms with Crippen LogP contribution in [-0.4, -0.2) is 45.9 Å². The summed E-state index contributed by atoms with van der Waals surface area (Å²) < 4.78 is 6.88. The summed E-state index contributed by atoms with van der Waals surface area (Å²) in [6.07, 6.45) is 12.0. The molecule has 0 unspecified atom stereocenters. The third-order valence-electron chi connectivity index (χ3n) is 8.58. The van der Waals surface area contributed by atoms with E-state index >= 15 is 0 Å². The second kappa shape index (κ2) is 6.49. The van der Waals surface area contributed by atoms with Gasteiger partial charge in [0.05, 0.1) is 5.41 Å². The Kier molecular flexibility index (Phi) is 4.35. The number of phenolic OH excluding ortho intramolecular Hbond substituents is 1. The van der Waals surface area contributed by atoms with Crippen molar-refractivity contribution < 1.29 is 14.9 Å². The van der Waals surface area contributed by atoms with Gasteiger partial charge in [-0.25, -0.2) is 0 Å². The Bertz CT molecular complexity index is 851. The molecule has 2 aliphatic heterocycles. The van der Waals surface area contributed by atoms with Gasteiger partial charge in [-0.15, -0.1) is 0 Å². The van der Waals surface area contributed by atoms with E-state index in [-0.39, 0.29) is 11.2 Å². The number of aliphatic hydroxyl groups is 1. The van der Waals surface area contributed by atoms with Crippen molar-refractivity contribution >= 4 is 0 Å². The van der Waals surface area contributed by atoms with Gasteiger partial charge in [0.1, 0.15) is 5.60 Å². The predicted octanol–water partition coefficient (Wildman–Crippen LogP) is 4.32. The normalized spacial score (nSPS) is 39.3. The number of unbranched alkanes of at least 4 members (excludes halogenated alkanes) is 2. The molecule has 5 rings (SSSR count). The van der Waals surface area contributed by atoms with E-state index in [2.05, 4.69) is 44.0 Å². The van der Waals surface area contributed by atoms with Gasteiger partial charge in [0, 0.05) is 17.5 Å². The van der Waals surface area contributed by atoms with Crippen LogP contribution >= 0.6 is 0 Å². The molecule has 1 spiro atoms. The number of aromatic hydroxyl groups is 1. The van der Waals surface area contributed by atoms with Gasteiger partial charge >= 0.3 is 0 Å². The molecular weight excluding hydrogens is 362 g/mol. The Balaban J connectivity index is 1.80. The summed E-state index contributed by atoms with van der Waals surface area (Å²) in [7, 11) is 2.24. The summed E-state index contributed by atoms with van der Waals surface area (Å²) in [5.74, 6) is 1.21. The van der Waals surface area contributed by atoms with Crippen molar-refractivity contribution in [3.63, 3.8) is 0 Å². The molecule has 1 fully saturated rings. The number of nitrogens with zero attached hydrogens (tertiary/aromatic N) is 1. The van der Waals surface area contributed by atoms with Gasteiger partial charge in [0.25, 0.3) is 0 Å². The molecule has 158 valence electrons. The topological polar surface area (TPSA) is 52.9 Å². The SMILES string of the molecule is CCCC[C@@]12Oc3c(O)ccc4c3[C@@]13CCN(C)[C@H](C4)[C@@H]3C=C[C@@]2(O)CCCC. The minimum absolute atomic E-state index is 0.234. The lowest BCUT2D eigenvalue weighted by atomic mass is 9.45. The number of likely N-dealkylation sites (N-methyl/N-ethyl adjacent to an activating group) is 1. The molecule has 2 bridgehead atoms. The van der Waals surface area contributed by atoms with Crippen LogP contribution in [0.1, 0.15) is 69.9 Å². The number of phenols is 1. The van der Waals surface area contributed by atoms with E-state index in [0.29, 0.717) is 24.1 Å². The maximum Gasteiger partial charge on any atom is 0.166 e. The van der Waals surface area contributed by atoms with Crippen LogP contribution in [0.15, 0.2) is 24.3 Å². The molecule has 1 aromatic carbocycles. The van der Waals surface area contributed by atoms with Gasteiger partial charge in [-0.2, -0.15) is 0 Å².